The number of carbonyl (C=O) groups excluding carboxylic acids is 1. The number of tetrazole rings is 1. The Morgan fingerprint density at radius 3 is 2.62 bits per heavy atom. The summed E-state index contributed by atoms with van der Waals surface area (Å²) in [7, 11) is 0. The summed E-state index contributed by atoms with van der Waals surface area (Å²) in [5.41, 5.74) is 3.69. The molecule has 0 amide bonds. The Kier molecular flexibility index (Phi) is 6.51. The Balaban J connectivity index is 1.37. The van der Waals surface area contributed by atoms with Gasteiger partial charge in [0.25, 0.3) is 0 Å². The fourth-order valence-corrected chi connectivity index (χ4v) is 4.60. The Morgan fingerprint density at radius 2 is 1.91 bits per heavy atom. The number of hydrogen-bond acceptors (Lipinski definition) is 7. The molecule has 3 aromatic heterocycles. The van der Waals surface area contributed by atoms with Crippen LogP contribution >= 0.6 is 0 Å². The summed E-state index contributed by atoms with van der Waals surface area (Å²) in [4.78, 5) is 22.3. The van der Waals surface area contributed by atoms with Gasteiger partial charge in [-0.05, 0) is 36.1 Å². The van der Waals surface area contributed by atoms with Gasteiger partial charge in [0.2, 0.25) is 17.4 Å². The van der Waals surface area contributed by atoms with Crippen molar-refractivity contribution in [2.45, 2.75) is 58.4 Å². The zero-order chi connectivity index (χ0) is 23.3. The minimum Gasteiger partial charge on any atom is -0.290 e. The number of benzene rings is 1. The highest BCUT2D eigenvalue weighted by atomic mass is 16.1. The van der Waals surface area contributed by atoms with Gasteiger partial charge in [0.1, 0.15) is 5.82 Å². The molecule has 1 saturated carbocycles. The third-order valence-electron chi connectivity index (χ3n) is 6.38. The van der Waals surface area contributed by atoms with Gasteiger partial charge in [-0.2, -0.15) is 5.21 Å². The quantitative estimate of drug-likeness (QED) is 0.393. The predicted octanol–water partition coefficient (Wildman–Crippen LogP) is 4.28. The molecule has 1 aliphatic rings. The topological polar surface area (TPSA) is 115 Å². The molecule has 174 valence electrons. The molecule has 0 bridgehead atoms. The molecular formula is C25H28N8O. The van der Waals surface area contributed by atoms with E-state index in [2.05, 4.69) is 42.6 Å². The molecule has 4 aromatic rings. The number of carbonyl (C=O) groups is 1. The third-order valence-corrected chi connectivity index (χ3v) is 6.38. The first-order valence-corrected chi connectivity index (χ1v) is 12.0. The van der Waals surface area contributed by atoms with E-state index < -0.39 is 0 Å². The number of nitrogens with zero attached hydrogens (tertiary/aromatic N) is 7. The molecule has 0 radical (unpaired) electrons. The first-order chi connectivity index (χ1) is 16.7. The summed E-state index contributed by atoms with van der Waals surface area (Å²) in [6, 6.07) is 11.9. The van der Waals surface area contributed by atoms with Gasteiger partial charge in [0.15, 0.2) is 0 Å². The number of aryl methyl sites for hydroxylation is 1. The first-order valence-electron chi connectivity index (χ1n) is 12.0. The monoisotopic (exact) mass is 456 g/mol. The van der Waals surface area contributed by atoms with Gasteiger partial charge in [-0.25, -0.2) is 9.67 Å². The number of pyridine rings is 1. The second-order valence-corrected chi connectivity index (χ2v) is 8.78. The van der Waals surface area contributed by atoms with E-state index in [9.17, 15) is 4.79 Å². The maximum Gasteiger partial charge on any atom is 0.217 e. The summed E-state index contributed by atoms with van der Waals surface area (Å²) < 4.78 is 1.84. The number of aromatic nitrogens is 8. The Labute approximate surface area is 198 Å². The van der Waals surface area contributed by atoms with Crippen molar-refractivity contribution in [3.63, 3.8) is 0 Å². The molecule has 1 N–H and O–H groups in total. The fourth-order valence-electron chi connectivity index (χ4n) is 4.60. The highest BCUT2D eigenvalue weighted by Crippen LogP contribution is 2.29. The largest absolute Gasteiger partial charge is 0.290 e. The van der Waals surface area contributed by atoms with Crippen molar-refractivity contribution in [1.82, 2.24) is 40.4 Å². The van der Waals surface area contributed by atoms with Gasteiger partial charge in [-0.3, -0.25) is 9.78 Å². The Hall–Kier alpha value is -3.75. The molecule has 0 unspecified atom stereocenters. The molecule has 34 heavy (non-hydrogen) atoms. The smallest absolute Gasteiger partial charge is 0.217 e. The van der Waals surface area contributed by atoms with Gasteiger partial charge in [-0.15, -0.1) is 15.3 Å². The predicted molar refractivity (Wildman–Crippen MR) is 127 cm³/mol. The summed E-state index contributed by atoms with van der Waals surface area (Å²) in [5, 5.41) is 19.0. The van der Waals surface area contributed by atoms with Crippen LogP contribution in [0.2, 0.25) is 0 Å². The highest BCUT2D eigenvalue weighted by molar-refractivity contribution is 5.94. The molecule has 0 atom stereocenters. The van der Waals surface area contributed by atoms with Crippen molar-refractivity contribution in [3.8, 4) is 22.5 Å². The minimum atomic E-state index is 0.0655. The van der Waals surface area contributed by atoms with E-state index in [0.717, 1.165) is 66.7 Å². The number of aromatic amines is 1. The number of rotatable bonds is 8. The number of hydrogen-bond donors (Lipinski definition) is 1. The Morgan fingerprint density at radius 1 is 1.09 bits per heavy atom. The minimum absolute atomic E-state index is 0.0655. The molecule has 9 heteroatoms. The number of ketones is 1. The van der Waals surface area contributed by atoms with Crippen molar-refractivity contribution in [2.75, 3.05) is 0 Å². The lowest BCUT2D eigenvalue weighted by Crippen LogP contribution is -2.19. The molecule has 0 aliphatic heterocycles. The van der Waals surface area contributed by atoms with Crippen molar-refractivity contribution in [3.05, 3.63) is 59.9 Å². The van der Waals surface area contributed by atoms with E-state index in [1.807, 2.05) is 47.3 Å². The van der Waals surface area contributed by atoms with E-state index in [0.29, 0.717) is 18.2 Å². The van der Waals surface area contributed by atoms with Gasteiger partial charge in [0.05, 0.1) is 12.2 Å². The molecule has 1 fully saturated rings. The van der Waals surface area contributed by atoms with Crippen LogP contribution in [-0.2, 0) is 13.0 Å². The molecule has 3 heterocycles. The second kappa shape index (κ2) is 10.0. The molecule has 0 spiro atoms. The number of H-pyrrole nitrogens is 1. The average Bonchev–Trinajstić information content (AvgIpc) is 3.56. The van der Waals surface area contributed by atoms with Crippen LogP contribution in [0.3, 0.4) is 0 Å². The van der Waals surface area contributed by atoms with Crippen LogP contribution in [0, 0.1) is 5.92 Å². The standard InChI is InChI=1S/C25H28N8O/c1-2-8-22-27-25(23(34)17-9-4-3-5-10-17)30-33(22)16-19-14-13-18(15-26-19)20-11-6-7-12-21(20)24-28-31-32-29-24/h6-7,11-15,17H,2-5,8-10,16H2,1H3,(H,28,29,31,32). The number of nitrogens with one attached hydrogen (secondary N) is 1. The van der Waals surface area contributed by atoms with E-state index in [-0.39, 0.29) is 11.7 Å². The summed E-state index contributed by atoms with van der Waals surface area (Å²) in [5.74, 6) is 1.91. The van der Waals surface area contributed by atoms with Crippen LogP contribution in [0.5, 0.6) is 0 Å². The van der Waals surface area contributed by atoms with E-state index in [4.69, 9.17) is 0 Å². The lowest BCUT2D eigenvalue weighted by atomic mass is 9.86. The van der Waals surface area contributed by atoms with E-state index >= 15 is 0 Å². The molecule has 1 aliphatic carbocycles. The number of Topliss-reactive ketones (excluding diaryl/α,β-unsaturated/α-hetero) is 1. The molecule has 0 saturated heterocycles. The lowest BCUT2D eigenvalue weighted by Gasteiger charge is -2.18. The van der Waals surface area contributed by atoms with Gasteiger partial charge < -0.3 is 0 Å². The van der Waals surface area contributed by atoms with Crippen LogP contribution in [0.25, 0.3) is 22.5 Å². The summed E-state index contributed by atoms with van der Waals surface area (Å²) in [6.45, 7) is 2.59. The zero-order valence-corrected chi connectivity index (χ0v) is 19.3. The average molecular weight is 457 g/mol. The molecule has 9 nitrogen and oxygen atoms in total. The molecule has 1 aromatic carbocycles. The molecule has 5 rings (SSSR count). The van der Waals surface area contributed by atoms with Crippen LogP contribution < -0.4 is 0 Å². The van der Waals surface area contributed by atoms with E-state index in [1.54, 1.807) is 0 Å². The van der Waals surface area contributed by atoms with Crippen molar-refractivity contribution >= 4 is 5.78 Å². The van der Waals surface area contributed by atoms with Crippen LogP contribution in [0.15, 0.2) is 42.6 Å². The van der Waals surface area contributed by atoms with Crippen molar-refractivity contribution < 1.29 is 4.79 Å². The summed E-state index contributed by atoms with van der Waals surface area (Å²) in [6.07, 6.45) is 8.91. The highest BCUT2D eigenvalue weighted by Gasteiger charge is 2.26. The van der Waals surface area contributed by atoms with Crippen LogP contribution in [0.4, 0.5) is 0 Å². The van der Waals surface area contributed by atoms with Crippen molar-refractivity contribution in [1.29, 1.82) is 0 Å². The fraction of sp³-hybridized carbons (Fsp3) is 0.400. The normalized spacial score (nSPS) is 14.4. The summed E-state index contributed by atoms with van der Waals surface area (Å²) >= 11 is 0. The van der Waals surface area contributed by atoms with Crippen LogP contribution in [-0.4, -0.2) is 46.2 Å². The van der Waals surface area contributed by atoms with Gasteiger partial charge in [-0.1, -0.05) is 56.5 Å². The lowest BCUT2D eigenvalue weighted by molar-refractivity contribution is 0.0878. The zero-order valence-electron chi connectivity index (χ0n) is 19.3. The second-order valence-electron chi connectivity index (χ2n) is 8.78. The van der Waals surface area contributed by atoms with Gasteiger partial charge in [0, 0.05) is 29.7 Å². The maximum absolute atomic E-state index is 13.0. The van der Waals surface area contributed by atoms with Crippen molar-refractivity contribution in [2.24, 2.45) is 5.92 Å². The SMILES string of the molecule is CCCc1nc(C(=O)C2CCCCC2)nn1Cc1ccc(-c2ccccc2-c2nn[nH]n2)cn1. The van der Waals surface area contributed by atoms with E-state index in [1.165, 1.54) is 6.42 Å². The third kappa shape index (κ3) is 4.64. The molecular weight excluding hydrogens is 428 g/mol. The Bertz CT molecular complexity index is 1240. The first kappa shape index (κ1) is 22.1. The van der Waals surface area contributed by atoms with Gasteiger partial charge >= 0.3 is 0 Å². The van der Waals surface area contributed by atoms with Crippen LogP contribution in [0.1, 0.15) is 67.6 Å². The maximum atomic E-state index is 13.0.